The van der Waals surface area contributed by atoms with Gasteiger partial charge in [0.2, 0.25) is 6.79 Å². The Morgan fingerprint density at radius 2 is 2.03 bits per heavy atom. The molecular weight excluding hydrogens is 448 g/mol. The van der Waals surface area contributed by atoms with Crippen molar-refractivity contribution in [3.63, 3.8) is 0 Å². The predicted molar refractivity (Wildman–Crippen MR) is 126 cm³/mol. The van der Waals surface area contributed by atoms with Crippen LogP contribution in [0, 0.1) is 13.8 Å². The second kappa shape index (κ2) is 8.49. The second-order valence-electron chi connectivity index (χ2n) is 7.04. The number of nitrogens with zero attached hydrogens (tertiary/aromatic N) is 4. The molecule has 0 fully saturated rings. The molecule has 1 aromatic carbocycles. The predicted octanol–water partition coefficient (Wildman–Crippen LogP) is 5.95. The van der Waals surface area contributed by atoms with Crippen LogP contribution >= 0.6 is 34.4 Å². The van der Waals surface area contributed by atoms with E-state index in [1.807, 2.05) is 24.3 Å². The molecule has 0 spiro atoms. The Morgan fingerprint density at radius 3 is 2.84 bits per heavy atom. The monoisotopic (exact) mass is 468 g/mol. The molecule has 0 radical (unpaired) electrons. The molecule has 5 rings (SSSR count). The Morgan fingerprint density at radius 1 is 1.16 bits per heavy atom. The van der Waals surface area contributed by atoms with Gasteiger partial charge in [0.05, 0.1) is 5.69 Å². The number of fused-ring (bicyclic) bond motifs is 1. The maximum absolute atomic E-state index is 5.48. The standard InChI is InChI=1S/C22H20N4O2S3/c1-4-7-26-20(17-11-29-14(3)13(17)2)24-25-22(26)31-10-16-9-30-21(23-16)15-5-6-18-19(8-15)28-12-27-18/h4-6,8-9,11H,1,7,10,12H2,2-3H3. The van der Waals surface area contributed by atoms with E-state index in [2.05, 4.69) is 46.0 Å². The van der Waals surface area contributed by atoms with Crippen molar-refractivity contribution in [2.45, 2.75) is 31.3 Å². The Balaban J connectivity index is 1.35. The molecule has 0 saturated heterocycles. The summed E-state index contributed by atoms with van der Waals surface area (Å²) in [6.07, 6.45) is 1.88. The first-order valence-electron chi connectivity index (χ1n) is 9.70. The molecule has 4 heterocycles. The molecule has 1 aliphatic rings. The van der Waals surface area contributed by atoms with Crippen molar-refractivity contribution < 1.29 is 9.47 Å². The zero-order chi connectivity index (χ0) is 21.4. The topological polar surface area (TPSA) is 62.1 Å². The normalized spacial score (nSPS) is 12.5. The SMILES string of the molecule is C=CCn1c(SCc2csc(-c3ccc4c(c3)OCO4)n2)nnc1-c1csc(C)c1C. The minimum atomic E-state index is 0.274. The van der Waals surface area contributed by atoms with Crippen LogP contribution in [0.25, 0.3) is 22.0 Å². The Hall–Kier alpha value is -2.62. The van der Waals surface area contributed by atoms with E-state index < -0.39 is 0 Å². The number of rotatable bonds is 7. The largest absolute Gasteiger partial charge is 0.454 e. The Bertz CT molecular complexity index is 1260. The summed E-state index contributed by atoms with van der Waals surface area (Å²) in [4.78, 5) is 6.11. The number of aromatic nitrogens is 4. The van der Waals surface area contributed by atoms with Crippen LogP contribution in [0.15, 0.2) is 46.8 Å². The number of thioether (sulfide) groups is 1. The summed E-state index contributed by atoms with van der Waals surface area (Å²) in [7, 11) is 0. The number of thiazole rings is 1. The Labute approximate surface area is 192 Å². The summed E-state index contributed by atoms with van der Waals surface area (Å²) in [6.45, 7) is 9.11. The van der Waals surface area contributed by atoms with Gasteiger partial charge in [0.15, 0.2) is 22.5 Å². The lowest BCUT2D eigenvalue weighted by molar-refractivity contribution is 0.174. The summed E-state index contributed by atoms with van der Waals surface area (Å²) in [5, 5.41) is 15.0. The van der Waals surface area contributed by atoms with Crippen LogP contribution in [0.2, 0.25) is 0 Å². The average molecular weight is 469 g/mol. The third-order valence-electron chi connectivity index (χ3n) is 5.08. The van der Waals surface area contributed by atoms with Gasteiger partial charge in [0, 0.05) is 39.1 Å². The summed E-state index contributed by atoms with van der Waals surface area (Å²) in [6, 6.07) is 5.93. The van der Waals surface area contributed by atoms with E-state index in [1.165, 1.54) is 10.4 Å². The minimum Gasteiger partial charge on any atom is -0.454 e. The zero-order valence-corrected chi connectivity index (χ0v) is 19.6. The van der Waals surface area contributed by atoms with E-state index in [-0.39, 0.29) is 6.79 Å². The molecule has 0 saturated carbocycles. The molecule has 0 bridgehead atoms. The fraction of sp³-hybridized carbons (Fsp3) is 0.227. The molecule has 0 N–H and O–H groups in total. The van der Waals surface area contributed by atoms with Gasteiger partial charge in [-0.15, -0.1) is 39.4 Å². The highest BCUT2D eigenvalue weighted by molar-refractivity contribution is 7.98. The van der Waals surface area contributed by atoms with Gasteiger partial charge < -0.3 is 9.47 Å². The number of aryl methyl sites for hydroxylation is 1. The highest BCUT2D eigenvalue weighted by atomic mass is 32.2. The highest BCUT2D eigenvalue weighted by Crippen LogP contribution is 2.37. The van der Waals surface area contributed by atoms with Crippen molar-refractivity contribution in [1.29, 1.82) is 0 Å². The first-order valence-corrected chi connectivity index (χ1v) is 12.4. The molecular formula is C22H20N4O2S3. The summed E-state index contributed by atoms with van der Waals surface area (Å²) in [5.74, 6) is 3.17. The van der Waals surface area contributed by atoms with Crippen molar-refractivity contribution in [3.05, 3.63) is 57.7 Å². The molecule has 0 amide bonds. The smallest absolute Gasteiger partial charge is 0.231 e. The number of allylic oxidation sites excluding steroid dienone is 1. The van der Waals surface area contributed by atoms with Gasteiger partial charge in [-0.3, -0.25) is 4.57 Å². The fourth-order valence-electron chi connectivity index (χ4n) is 3.30. The van der Waals surface area contributed by atoms with Crippen molar-refractivity contribution in [2.24, 2.45) is 0 Å². The zero-order valence-electron chi connectivity index (χ0n) is 17.1. The molecule has 1 aliphatic heterocycles. The van der Waals surface area contributed by atoms with E-state index in [0.29, 0.717) is 6.54 Å². The fourth-order valence-corrected chi connectivity index (χ4v) is 5.92. The molecule has 158 valence electrons. The van der Waals surface area contributed by atoms with Crippen LogP contribution in [0.1, 0.15) is 16.1 Å². The lowest BCUT2D eigenvalue weighted by Crippen LogP contribution is -2.01. The minimum absolute atomic E-state index is 0.274. The van der Waals surface area contributed by atoms with Crippen LogP contribution in [-0.4, -0.2) is 26.5 Å². The number of hydrogen-bond donors (Lipinski definition) is 0. The quantitative estimate of drug-likeness (QED) is 0.247. The molecule has 0 unspecified atom stereocenters. The van der Waals surface area contributed by atoms with E-state index in [1.54, 1.807) is 34.4 Å². The van der Waals surface area contributed by atoms with Gasteiger partial charge in [0.25, 0.3) is 0 Å². The number of hydrogen-bond acceptors (Lipinski definition) is 8. The van der Waals surface area contributed by atoms with E-state index >= 15 is 0 Å². The maximum Gasteiger partial charge on any atom is 0.231 e. The van der Waals surface area contributed by atoms with E-state index in [9.17, 15) is 0 Å². The summed E-state index contributed by atoms with van der Waals surface area (Å²) in [5.41, 5.74) is 4.44. The van der Waals surface area contributed by atoms with Crippen LogP contribution in [0.5, 0.6) is 11.5 Å². The lowest BCUT2D eigenvalue weighted by atomic mass is 10.1. The van der Waals surface area contributed by atoms with Crippen LogP contribution in [0.3, 0.4) is 0 Å². The molecule has 4 aromatic rings. The van der Waals surface area contributed by atoms with Crippen LogP contribution < -0.4 is 9.47 Å². The van der Waals surface area contributed by atoms with Gasteiger partial charge in [-0.2, -0.15) is 0 Å². The van der Waals surface area contributed by atoms with Crippen LogP contribution in [0.4, 0.5) is 0 Å². The first-order chi connectivity index (χ1) is 15.1. The first kappa shape index (κ1) is 20.3. The molecule has 31 heavy (non-hydrogen) atoms. The second-order valence-corrected chi connectivity index (χ2v) is 9.92. The number of benzene rings is 1. The molecule has 0 aliphatic carbocycles. The third-order valence-corrected chi connectivity index (χ3v) is 8.03. The summed E-state index contributed by atoms with van der Waals surface area (Å²) < 4.78 is 13.0. The average Bonchev–Trinajstić information content (AvgIpc) is 3.55. The van der Waals surface area contributed by atoms with Gasteiger partial charge in [-0.05, 0) is 37.6 Å². The molecule has 9 heteroatoms. The van der Waals surface area contributed by atoms with E-state index in [4.69, 9.17) is 14.5 Å². The molecule has 3 aromatic heterocycles. The highest BCUT2D eigenvalue weighted by Gasteiger charge is 2.18. The van der Waals surface area contributed by atoms with Gasteiger partial charge in [-0.1, -0.05) is 17.8 Å². The van der Waals surface area contributed by atoms with E-state index in [0.717, 1.165) is 50.1 Å². The van der Waals surface area contributed by atoms with Crippen LogP contribution in [-0.2, 0) is 12.3 Å². The maximum atomic E-state index is 5.48. The summed E-state index contributed by atoms with van der Waals surface area (Å²) >= 11 is 5.01. The van der Waals surface area contributed by atoms with Crippen molar-refractivity contribution in [2.75, 3.05) is 6.79 Å². The Kier molecular flexibility index (Phi) is 5.56. The van der Waals surface area contributed by atoms with Gasteiger partial charge in [0.1, 0.15) is 5.01 Å². The third kappa shape index (κ3) is 3.88. The van der Waals surface area contributed by atoms with Crippen molar-refractivity contribution >= 4 is 34.4 Å². The van der Waals surface area contributed by atoms with Crippen molar-refractivity contribution in [1.82, 2.24) is 19.7 Å². The number of ether oxygens (including phenoxy) is 2. The number of thiophene rings is 1. The van der Waals surface area contributed by atoms with Gasteiger partial charge in [-0.25, -0.2) is 4.98 Å². The van der Waals surface area contributed by atoms with Crippen molar-refractivity contribution in [3.8, 4) is 33.5 Å². The molecule has 0 atom stereocenters. The lowest BCUT2D eigenvalue weighted by Gasteiger charge is -2.07. The molecule has 6 nitrogen and oxygen atoms in total. The van der Waals surface area contributed by atoms with Gasteiger partial charge >= 0.3 is 0 Å².